The van der Waals surface area contributed by atoms with E-state index in [4.69, 9.17) is 4.74 Å². The third-order valence-corrected chi connectivity index (χ3v) is 2.34. The Balaban J connectivity index is 2.51. The molecular weight excluding hydrogens is 207 g/mol. The minimum absolute atomic E-state index is 0.199. The first-order valence-corrected chi connectivity index (χ1v) is 4.83. The molecule has 2 nitrogen and oxygen atoms in total. The van der Waals surface area contributed by atoms with Crippen LogP contribution in [0.1, 0.15) is 0 Å². The number of phenols is 1. The predicted molar refractivity (Wildman–Crippen MR) is 60.1 cm³/mol. The minimum atomic E-state index is -0.334. The van der Waals surface area contributed by atoms with Gasteiger partial charge in [0.2, 0.25) is 0 Å². The van der Waals surface area contributed by atoms with Crippen molar-refractivity contribution in [1.29, 1.82) is 0 Å². The zero-order valence-corrected chi connectivity index (χ0v) is 8.77. The Hall–Kier alpha value is -2.03. The van der Waals surface area contributed by atoms with E-state index in [9.17, 15) is 9.50 Å². The fourth-order valence-electron chi connectivity index (χ4n) is 1.54. The maximum absolute atomic E-state index is 13.0. The molecule has 0 radical (unpaired) electrons. The molecule has 0 aliphatic carbocycles. The second kappa shape index (κ2) is 4.23. The molecule has 0 spiro atoms. The highest BCUT2D eigenvalue weighted by molar-refractivity contribution is 5.70. The summed E-state index contributed by atoms with van der Waals surface area (Å²) in [6.07, 6.45) is 0. The molecule has 16 heavy (non-hydrogen) atoms. The number of halogens is 1. The van der Waals surface area contributed by atoms with Gasteiger partial charge in [-0.1, -0.05) is 12.1 Å². The molecule has 2 aromatic carbocycles. The van der Waals surface area contributed by atoms with Gasteiger partial charge in [0.15, 0.2) is 0 Å². The first-order valence-electron chi connectivity index (χ1n) is 4.83. The van der Waals surface area contributed by atoms with Crippen LogP contribution < -0.4 is 4.74 Å². The number of hydrogen-bond acceptors (Lipinski definition) is 2. The van der Waals surface area contributed by atoms with Gasteiger partial charge in [-0.05, 0) is 29.8 Å². The van der Waals surface area contributed by atoms with E-state index in [1.165, 1.54) is 19.2 Å². The fraction of sp³-hybridized carbons (Fsp3) is 0.0769. The molecule has 2 aromatic rings. The quantitative estimate of drug-likeness (QED) is 0.838. The van der Waals surface area contributed by atoms with Crippen LogP contribution in [0.15, 0.2) is 42.5 Å². The number of aromatic hydroxyl groups is 1. The SMILES string of the molecule is COc1cc(F)ccc1-c1ccc(O)cc1. The molecule has 0 bridgehead atoms. The molecule has 82 valence electrons. The maximum atomic E-state index is 13.0. The smallest absolute Gasteiger partial charge is 0.129 e. The van der Waals surface area contributed by atoms with Gasteiger partial charge in [-0.15, -0.1) is 0 Å². The lowest BCUT2D eigenvalue weighted by Crippen LogP contribution is -1.89. The van der Waals surface area contributed by atoms with Crippen molar-refractivity contribution >= 4 is 0 Å². The average molecular weight is 218 g/mol. The summed E-state index contributed by atoms with van der Waals surface area (Å²) < 4.78 is 18.1. The van der Waals surface area contributed by atoms with Crippen molar-refractivity contribution in [3.05, 3.63) is 48.3 Å². The summed E-state index contributed by atoms with van der Waals surface area (Å²) in [4.78, 5) is 0. The van der Waals surface area contributed by atoms with Gasteiger partial charge in [-0.2, -0.15) is 0 Å². The first kappa shape index (κ1) is 10.5. The van der Waals surface area contributed by atoms with Crippen molar-refractivity contribution < 1.29 is 14.2 Å². The standard InChI is InChI=1S/C13H11FO2/c1-16-13-8-10(14)4-7-12(13)9-2-5-11(15)6-3-9/h2-8,15H,1H3. The van der Waals surface area contributed by atoms with E-state index < -0.39 is 0 Å². The summed E-state index contributed by atoms with van der Waals surface area (Å²) in [6, 6.07) is 11.0. The van der Waals surface area contributed by atoms with Crippen LogP contribution in [-0.2, 0) is 0 Å². The first-order chi connectivity index (χ1) is 7.70. The Morgan fingerprint density at radius 1 is 1.06 bits per heavy atom. The normalized spacial score (nSPS) is 10.1. The molecule has 2 rings (SSSR count). The maximum Gasteiger partial charge on any atom is 0.129 e. The number of phenolic OH excluding ortho intramolecular Hbond substituents is 1. The Kier molecular flexibility index (Phi) is 2.77. The van der Waals surface area contributed by atoms with E-state index in [-0.39, 0.29) is 11.6 Å². The summed E-state index contributed by atoms with van der Waals surface area (Å²) in [5.41, 5.74) is 1.67. The van der Waals surface area contributed by atoms with Gasteiger partial charge in [0.25, 0.3) is 0 Å². The predicted octanol–water partition coefficient (Wildman–Crippen LogP) is 3.21. The molecule has 0 amide bonds. The largest absolute Gasteiger partial charge is 0.508 e. The van der Waals surface area contributed by atoms with Crippen LogP contribution in [0.25, 0.3) is 11.1 Å². The highest BCUT2D eigenvalue weighted by atomic mass is 19.1. The summed E-state index contributed by atoms with van der Waals surface area (Å²) in [7, 11) is 1.50. The van der Waals surface area contributed by atoms with Crippen LogP contribution in [0.4, 0.5) is 4.39 Å². The second-order valence-electron chi connectivity index (χ2n) is 3.39. The molecule has 0 aliphatic rings. The van der Waals surface area contributed by atoms with Crippen LogP contribution in [0.5, 0.6) is 11.5 Å². The van der Waals surface area contributed by atoms with Crippen molar-refractivity contribution in [3.63, 3.8) is 0 Å². The lowest BCUT2D eigenvalue weighted by molar-refractivity contribution is 0.413. The molecule has 0 fully saturated rings. The molecule has 0 atom stereocenters. The topological polar surface area (TPSA) is 29.5 Å². The molecule has 0 unspecified atom stereocenters. The van der Waals surface area contributed by atoms with Crippen molar-refractivity contribution in [2.24, 2.45) is 0 Å². The van der Waals surface area contributed by atoms with E-state index in [1.54, 1.807) is 30.3 Å². The molecule has 0 saturated carbocycles. The summed E-state index contributed by atoms with van der Waals surface area (Å²) in [6.45, 7) is 0. The van der Waals surface area contributed by atoms with Crippen LogP contribution >= 0.6 is 0 Å². The zero-order chi connectivity index (χ0) is 11.5. The van der Waals surface area contributed by atoms with Gasteiger partial charge in [-0.25, -0.2) is 4.39 Å². The van der Waals surface area contributed by atoms with Crippen molar-refractivity contribution in [2.45, 2.75) is 0 Å². The monoisotopic (exact) mass is 218 g/mol. The van der Waals surface area contributed by atoms with E-state index in [2.05, 4.69) is 0 Å². The van der Waals surface area contributed by atoms with E-state index in [1.807, 2.05) is 0 Å². The number of methoxy groups -OCH3 is 1. The third-order valence-electron chi connectivity index (χ3n) is 2.34. The van der Waals surface area contributed by atoms with Crippen molar-refractivity contribution in [2.75, 3.05) is 7.11 Å². The van der Waals surface area contributed by atoms with Gasteiger partial charge in [0, 0.05) is 11.6 Å². The average Bonchev–Trinajstić information content (AvgIpc) is 2.30. The van der Waals surface area contributed by atoms with Gasteiger partial charge in [0.1, 0.15) is 17.3 Å². The highest BCUT2D eigenvalue weighted by Gasteiger charge is 2.06. The summed E-state index contributed by atoms with van der Waals surface area (Å²) >= 11 is 0. The van der Waals surface area contributed by atoms with Crippen molar-refractivity contribution in [3.8, 4) is 22.6 Å². The van der Waals surface area contributed by atoms with E-state index in [0.717, 1.165) is 11.1 Å². The number of benzene rings is 2. The van der Waals surface area contributed by atoms with E-state index >= 15 is 0 Å². The summed E-state index contributed by atoms with van der Waals surface area (Å²) in [5.74, 6) is 0.342. The Labute approximate surface area is 92.9 Å². The van der Waals surface area contributed by atoms with E-state index in [0.29, 0.717) is 5.75 Å². The van der Waals surface area contributed by atoms with Gasteiger partial charge < -0.3 is 9.84 Å². The lowest BCUT2D eigenvalue weighted by Gasteiger charge is -2.08. The fourth-order valence-corrected chi connectivity index (χ4v) is 1.54. The number of rotatable bonds is 2. The van der Waals surface area contributed by atoms with Crippen LogP contribution in [0.2, 0.25) is 0 Å². The highest BCUT2D eigenvalue weighted by Crippen LogP contribution is 2.31. The third kappa shape index (κ3) is 1.98. The molecule has 0 heterocycles. The number of hydrogen-bond donors (Lipinski definition) is 1. The van der Waals surface area contributed by atoms with Crippen molar-refractivity contribution in [1.82, 2.24) is 0 Å². The van der Waals surface area contributed by atoms with Gasteiger partial charge >= 0.3 is 0 Å². The van der Waals surface area contributed by atoms with Gasteiger partial charge in [0.05, 0.1) is 7.11 Å². The molecule has 3 heteroatoms. The lowest BCUT2D eigenvalue weighted by atomic mass is 10.0. The zero-order valence-electron chi connectivity index (χ0n) is 8.77. The van der Waals surface area contributed by atoms with Crippen LogP contribution in [-0.4, -0.2) is 12.2 Å². The minimum Gasteiger partial charge on any atom is -0.508 e. The number of ether oxygens (including phenoxy) is 1. The molecule has 0 saturated heterocycles. The Morgan fingerprint density at radius 2 is 1.75 bits per heavy atom. The summed E-state index contributed by atoms with van der Waals surface area (Å²) in [5, 5.41) is 9.18. The Morgan fingerprint density at radius 3 is 2.38 bits per heavy atom. The molecule has 0 aliphatic heterocycles. The Bertz CT molecular complexity index is 492. The second-order valence-corrected chi connectivity index (χ2v) is 3.39. The van der Waals surface area contributed by atoms with Crippen LogP contribution in [0.3, 0.4) is 0 Å². The van der Waals surface area contributed by atoms with Gasteiger partial charge in [-0.3, -0.25) is 0 Å². The van der Waals surface area contributed by atoms with Crippen LogP contribution in [0, 0.1) is 5.82 Å². The molecule has 0 aromatic heterocycles. The molecule has 1 N–H and O–H groups in total. The molecular formula is C13H11FO2.